The number of nitrogens with one attached hydrogen (secondary N) is 1. The van der Waals surface area contributed by atoms with Crippen LogP contribution in [0.3, 0.4) is 0 Å². The number of alkyl halides is 2. The number of anilines is 2. The van der Waals surface area contributed by atoms with E-state index in [4.69, 9.17) is 10.5 Å². The van der Waals surface area contributed by atoms with Gasteiger partial charge in [0, 0.05) is 38.1 Å². The molecule has 0 unspecified atom stereocenters. The smallest absolute Gasteiger partial charge is 0.318 e. The van der Waals surface area contributed by atoms with Crippen molar-refractivity contribution in [1.29, 1.82) is 0 Å². The lowest BCUT2D eigenvalue weighted by Crippen LogP contribution is -2.30. The summed E-state index contributed by atoms with van der Waals surface area (Å²) in [5.74, 6) is -3.43. The van der Waals surface area contributed by atoms with Crippen molar-refractivity contribution < 1.29 is 17.9 Å². The minimum atomic E-state index is -3.28. The summed E-state index contributed by atoms with van der Waals surface area (Å²) in [6.45, 7) is 2.57. The molecule has 1 aromatic carbocycles. The van der Waals surface area contributed by atoms with Crippen LogP contribution in [0.5, 0.6) is 6.01 Å². The van der Waals surface area contributed by atoms with Gasteiger partial charge in [0.2, 0.25) is 0 Å². The standard InChI is InChI=1S/C20H24F3N5O/c1-20(22,23)16-11-15(5-6-17(16)21)26-12-14(24)13-29-19-25-8-7-18(27-19)28-9-3-2-4-10-28/h5-8,11-12,26H,2-4,9-10,13,24H2,1H3/b14-12-. The Balaban J connectivity index is 1.58. The van der Waals surface area contributed by atoms with E-state index in [2.05, 4.69) is 20.2 Å². The molecule has 1 aliphatic rings. The molecular weight excluding hydrogens is 383 g/mol. The van der Waals surface area contributed by atoms with Crippen molar-refractivity contribution in [3.05, 3.63) is 53.7 Å². The molecule has 9 heteroatoms. The minimum absolute atomic E-state index is 0.00838. The first-order valence-electron chi connectivity index (χ1n) is 9.42. The van der Waals surface area contributed by atoms with Gasteiger partial charge in [-0.15, -0.1) is 0 Å². The molecular formula is C20H24F3N5O. The van der Waals surface area contributed by atoms with Crippen molar-refractivity contribution in [1.82, 2.24) is 9.97 Å². The number of hydrogen-bond acceptors (Lipinski definition) is 6. The Labute approximate surface area is 167 Å². The van der Waals surface area contributed by atoms with E-state index in [1.807, 2.05) is 6.07 Å². The monoisotopic (exact) mass is 407 g/mol. The first kappa shape index (κ1) is 20.8. The maximum atomic E-state index is 13.6. The van der Waals surface area contributed by atoms with Gasteiger partial charge in [-0.3, -0.25) is 0 Å². The van der Waals surface area contributed by atoms with Crippen molar-refractivity contribution in [2.24, 2.45) is 5.73 Å². The lowest BCUT2D eigenvalue weighted by atomic mass is 10.1. The van der Waals surface area contributed by atoms with Crippen LogP contribution in [0.2, 0.25) is 0 Å². The van der Waals surface area contributed by atoms with E-state index in [9.17, 15) is 13.2 Å². The zero-order valence-electron chi connectivity index (χ0n) is 16.2. The van der Waals surface area contributed by atoms with Crippen LogP contribution >= 0.6 is 0 Å². The molecule has 1 fully saturated rings. The number of hydrogen-bond donors (Lipinski definition) is 2. The maximum Gasteiger partial charge on any atom is 0.318 e. The first-order valence-corrected chi connectivity index (χ1v) is 9.42. The van der Waals surface area contributed by atoms with Gasteiger partial charge in [-0.1, -0.05) is 0 Å². The highest BCUT2D eigenvalue weighted by molar-refractivity contribution is 5.49. The van der Waals surface area contributed by atoms with Crippen molar-refractivity contribution in [3.63, 3.8) is 0 Å². The molecule has 0 aliphatic carbocycles. The summed E-state index contributed by atoms with van der Waals surface area (Å²) in [6.07, 6.45) is 6.53. The molecule has 0 saturated carbocycles. The number of aromatic nitrogens is 2. The predicted octanol–water partition coefficient (Wildman–Crippen LogP) is 4.01. The number of rotatable bonds is 7. The molecule has 0 atom stereocenters. The number of benzene rings is 1. The summed E-state index contributed by atoms with van der Waals surface area (Å²) >= 11 is 0. The van der Waals surface area contributed by atoms with E-state index < -0.39 is 17.3 Å². The highest BCUT2D eigenvalue weighted by Gasteiger charge is 2.28. The number of halogens is 3. The fraction of sp³-hybridized carbons (Fsp3) is 0.400. The van der Waals surface area contributed by atoms with Crippen molar-refractivity contribution in [2.45, 2.75) is 32.1 Å². The molecule has 29 heavy (non-hydrogen) atoms. The molecule has 156 valence electrons. The van der Waals surface area contributed by atoms with Gasteiger partial charge in [0.05, 0.1) is 11.3 Å². The fourth-order valence-corrected chi connectivity index (χ4v) is 3.02. The molecule has 0 spiro atoms. The lowest BCUT2D eigenvalue weighted by molar-refractivity contribution is 0.0138. The average Bonchev–Trinajstić information content (AvgIpc) is 2.71. The van der Waals surface area contributed by atoms with Crippen LogP contribution in [-0.4, -0.2) is 29.7 Å². The van der Waals surface area contributed by atoms with Crippen LogP contribution in [-0.2, 0) is 5.92 Å². The van der Waals surface area contributed by atoms with Crippen LogP contribution in [0.15, 0.2) is 42.4 Å². The SMILES string of the molecule is CC(F)(F)c1cc(N/C=C(\N)COc2nccc(N3CCCCC3)n2)ccc1F. The molecule has 3 rings (SSSR count). The fourth-order valence-electron chi connectivity index (χ4n) is 3.02. The minimum Gasteiger partial charge on any atom is -0.457 e. The third-order valence-corrected chi connectivity index (χ3v) is 4.53. The van der Waals surface area contributed by atoms with Crippen LogP contribution in [0.4, 0.5) is 24.7 Å². The van der Waals surface area contributed by atoms with Gasteiger partial charge in [-0.05, 0) is 43.5 Å². The molecule has 0 radical (unpaired) electrons. The molecule has 1 aliphatic heterocycles. The van der Waals surface area contributed by atoms with Crippen LogP contribution < -0.4 is 20.7 Å². The van der Waals surface area contributed by atoms with Gasteiger partial charge >= 0.3 is 6.01 Å². The number of ether oxygens (including phenoxy) is 1. The van der Waals surface area contributed by atoms with Gasteiger partial charge in [-0.2, -0.15) is 4.98 Å². The molecule has 1 saturated heterocycles. The summed E-state index contributed by atoms with van der Waals surface area (Å²) in [6, 6.07) is 5.43. The second kappa shape index (κ2) is 9.02. The summed E-state index contributed by atoms with van der Waals surface area (Å²) in [4.78, 5) is 10.7. The summed E-state index contributed by atoms with van der Waals surface area (Å²) < 4.78 is 45.9. The molecule has 6 nitrogen and oxygen atoms in total. The zero-order chi connectivity index (χ0) is 20.9. The third kappa shape index (κ3) is 5.75. The van der Waals surface area contributed by atoms with Crippen LogP contribution in [0.25, 0.3) is 0 Å². The highest BCUT2D eigenvalue weighted by atomic mass is 19.3. The van der Waals surface area contributed by atoms with Crippen LogP contribution in [0.1, 0.15) is 31.7 Å². The van der Waals surface area contributed by atoms with E-state index >= 15 is 0 Å². The summed E-state index contributed by atoms with van der Waals surface area (Å²) in [5.41, 5.74) is 5.79. The van der Waals surface area contributed by atoms with Crippen molar-refractivity contribution in [3.8, 4) is 6.01 Å². The Morgan fingerprint density at radius 1 is 1.28 bits per heavy atom. The molecule has 2 aromatic rings. The average molecular weight is 407 g/mol. The Hall–Kier alpha value is -2.97. The highest BCUT2D eigenvalue weighted by Crippen LogP contribution is 2.31. The number of nitrogens with zero attached hydrogens (tertiary/aromatic N) is 3. The summed E-state index contributed by atoms with van der Waals surface area (Å²) in [5, 5.41) is 2.77. The Bertz CT molecular complexity index is 863. The van der Waals surface area contributed by atoms with Gasteiger partial charge < -0.3 is 20.7 Å². The Morgan fingerprint density at radius 2 is 2.03 bits per heavy atom. The van der Waals surface area contributed by atoms with Crippen molar-refractivity contribution >= 4 is 11.5 Å². The maximum absolute atomic E-state index is 13.6. The summed E-state index contributed by atoms with van der Waals surface area (Å²) in [7, 11) is 0. The second-order valence-corrected chi connectivity index (χ2v) is 6.98. The van der Waals surface area contributed by atoms with Gasteiger partial charge in [-0.25, -0.2) is 18.2 Å². The van der Waals surface area contributed by atoms with E-state index in [-0.39, 0.29) is 18.3 Å². The largest absolute Gasteiger partial charge is 0.457 e. The number of nitrogens with two attached hydrogens (primary N) is 1. The quantitative estimate of drug-likeness (QED) is 0.722. The van der Waals surface area contributed by atoms with Gasteiger partial charge in [0.15, 0.2) is 0 Å². The molecule has 2 heterocycles. The predicted molar refractivity (Wildman–Crippen MR) is 105 cm³/mol. The van der Waals surface area contributed by atoms with Gasteiger partial charge in [0.25, 0.3) is 5.92 Å². The first-order chi connectivity index (χ1) is 13.8. The van der Waals surface area contributed by atoms with E-state index in [1.165, 1.54) is 18.7 Å². The Kier molecular flexibility index (Phi) is 6.46. The topological polar surface area (TPSA) is 76.3 Å². The van der Waals surface area contributed by atoms with E-state index in [1.54, 1.807) is 6.20 Å². The molecule has 0 amide bonds. The van der Waals surface area contributed by atoms with E-state index in [0.29, 0.717) is 12.6 Å². The van der Waals surface area contributed by atoms with E-state index in [0.717, 1.165) is 43.9 Å². The third-order valence-electron chi connectivity index (χ3n) is 4.53. The zero-order valence-corrected chi connectivity index (χ0v) is 16.2. The van der Waals surface area contributed by atoms with Gasteiger partial charge in [0.1, 0.15) is 18.2 Å². The molecule has 0 bridgehead atoms. The lowest BCUT2D eigenvalue weighted by Gasteiger charge is -2.27. The second-order valence-electron chi connectivity index (χ2n) is 6.98. The normalized spacial score (nSPS) is 15.3. The van der Waals surface area contributed by atoms with Crippen LogP contribution in [0, 0.1) is 5.82 Å². The number of piperidine rings is 1. The van der Waals surface area contributed by atoms with Crippen molar-refractivity contribution in [2.75, 3.05) is 29.9 Å². The molecule has 1 aromatic heterocycles. The Morgan fingerprint density at radius 3 is 2.76 bits per heavy atom. The molecule has 3 N–H and O–H groups in total.